The molecule has 0 saturated carbocycles. The number of nitrogens with one attached hydrogen (secondary N) is 1. The summed E-state index contributed by atoms with van der Waals surface area (Å²) in [7, 11) is -1.34. The minimum absolute atomic E-state index is 0.249. The molecular formula is C22H34BN3O4. The van der Waals surface area contributed by atoms with Gasteiger partial charge < -0.3 is 30.8 Å². The maximum absolute atomic E-state index is 11.7. The van der Waals surface area contributed by atoms with Crippen LogP contribution >= 0.6 is 0 Å². The van der Waals surface area contributed by atoms with E-state index in [4.69, 9.17) is 15.8 Å². The fourth-order valence-corrected chi connectivity index (χ4v) is 4.55. The highest BCUT2D eigenvalue weighted by Gasteiger charge is 2.33. The zero-order valence-corrected chi connectivity index (χ0v) is 17.6. The average molecular weight is 415 g/mol. The molecule has 0 aliphatic carbocycles. The molecule has 30 heavy (non-hydrogen) atoms. The van der Waals surface area contributed by atoms with Gasteiger partial charge in [-0.25, -0.2) is 0 Å². The van der Waals surface area contributed by atoms with Crippen LogP contribution in [-0.2, 0) is 4.79 Å². The van der Waals surface area contributed by atoms with Crippen LogP contribution in [0.3, 0.4) is 0 Å². The minimum atomic E-state index is -1.34. The Kier molecular flexibility index (Phi) is 7.94. The van der Waals surface area contributed by atoms with Crippen LogP contribution in [0.25, 0.3) is 10.9 Å². The van der Waals surface area contributed by atoms with Crippen LogP contribution in [0, 0.1) is 0 Å². The molecule has 0 spiro atoms. The van der Waals surface area contributed by atoms with Gasteiger partial charge in [0.2, 0.25) is 0 Å². The Morgan fingerprint density at radius 2 is 2.00 bits per heavy atom. The first-order valence-electron chi connectivity index (χ1n) is 11.1. The lowest BCUT2D eigenvalue weighted by Crippen LogP contribution is -2.48. The van der Waals surface area contributed by atoms with Crippen molar-refractivity contribution in [2.24, 2.45) is 5.73 Å². The second-order valence-corrected chi connectivity index (χ2v) is 8.74. The van der Waals surface area contributed by atoms with Gasteiger partial charge in [0.1, 0.15) is 5.54 Å². The van der Waals surface area contributed by atoms with Gasteiger partial charge in [0.15, 0.2) is 0 Å². The number of para-hydroxylation sites is 1. The quantitative estimate of drug-likeness (QED) is 0.284. The predicted molar refractivity (Wildman–Crippen MR) is 119 cm³/mol. The van der Waals surface area contributed by atoms with Crippen LogP contribution in [0.15, 0.2) is 30.3 Å². The summed E-state index contributed by atoms with van der Waals surface area (Å²) in [5.74, 6) is -0.500. The highest BCUT2D eigenvalue weighted by Crippen LogP contribution is 2.29. The number of nitrogens with zero attached hydrogens (tertiary/aromatic N) is 1. The van der Waals surface area contributed by atoms with Gasteiger partial charge >= 0.3 is 13.1 Å². The first kappa shape index (κ1) is 22.8. The SMILES string of the molecule is NC(CCCCB(O)O)(CCCN1CCCC(c2cc3ccccc3[nH]2)C1)C(=O)O. The van der Waals surface area contributed by atoms with Gasteiger partial charge in [0.25, 0.3) is 0 Å². The van der Waals surface area contributed by atoms with E-state index >= 15 is 0 Å². The molecule has 0 radical (unpaired) electrons. The van der Waals surface area contributed by atoms with Crippen LogP contribution in [-0.4, -0.2) is 63.3 Å². The molecule has 1 saturated heterocycles. The van der Waals surface area contributed by atoms with Crippen molar-refractivity contribution in [1.29, 1.82) is 0 Å². The topological polar surface area (TPSA) is 123 Å². The number of rotatable bonds is 11. The number of nitrogens with two attached hydrogens (primary N) is 1. The molecule has 0 bridgehead atoms. The molecule has 1 fully saturated rings. The Labute approximate surface area is 178 Å². The maximum Gasteiger partial charge on any atom is 0.451 e. The second-order valence-electron chi connectivity index (χ2n) is 8.74. The smallest absolute Gasteiger partial charge is 0.451 e. The summed E-state index contributed by atoms with van der Waals surface area (Å²) in [4.78, 5) is 17.7. The third-order valence-electron chi connectivity index (χ3n) is 6.35. The number of aromatic amines is 1. The lowest BCUT2D eigenvalue weighted by atomic mass is 9.81. The van der Waals surface area contributed by atoms with Crippen LogP contribution in [0.4, 0.5) is 0 Å². The number of likely N-dealkylation sites (tertiary alicyclic amines) is 1. The van der Waals surface area contributed by atoms with Crippen molar-refractivity contribution in [3.63, 3.8) is 0 Å². The zero-order chi connectivity index (χ0) is 21.6. The summed E-state index contributed by atoms with van der Waals surface area (Å²) >= 11 is 0. The number of piperidine rings is 1. The molecule has 1 aliphatic heterocycles. The number of aliphatic carboxylic acids is 1. The fourth-order valence-electron chi connectivity index (χ4n) is 4.55. The Hall–Kier alpha value is -1.87. The summed E-state index contributed by atoms with van der Waals surface area (Å²) in [6.45, 7) is 2.86. The number of benzene rings is 1. The zero-order valence-electron chi connectivity index (χ0n) is 17.6. The molecule has 6 N–H and O–H groups in total. The number of carboxylic acids is 1. The number of aromatic nitrogens is 1. The van der Waals surface area contributed by atoms with E-state index in [1.807, 2.05) is 6.07 Å². The van der Waals surface area contributed by atoms with Crippen molar-refractivity contribution in [2.45, 2.75) is 62.7 Å². The Morgan fingerprint density at radius 1 is 1.23 bits per heavy atom. The van der Waals surface area contributed by atoms with E-state index in [0.29, 0.717) is 31.6 Å². The van der Waals surface area contributed by atoms with Gasteiger partial charge in [0.05, 0.1) is 0 Å². The van der Waals surface area contributed by atoms with Crippen LogP contribution in [0.1, 0.15) is 56.6 Å². The van der Waals surface area contributed by atoms with E-state index < -0.39 is 18.6 Å². The number of H-pyrrole nitrogens is 1. The summed E-state index contributed by atoms with van der Waals surface area (Å²) in [6.07, 6.45) is 5.20. The monoisotopic (exact) mass is 415 g/mol. The molecule has 1 aliphatic rings. The summed E-state index contributed by atoms with van der Waals surface area (Å²) in [6, 6.07) is 10.6. The van der Waals surface area contributed by atoms with Crippen LogP contribution in [0.5, 0.6) is 0 Å². The van der Waals surface area contributed by atoms with Gasteiger partial charge in [-0.2, -0.15) is 0 Å². The van der Waals surface area contributed by atoms with E-state index in [0.717, 1.165) is 38.9 Å². The van der Waals surface area contributed by atoms with Crippen molar-refractivity contribution in [1.82, 2.24) is 9.88 Å². The summed E-state index contributed by atoms with van der Waals surface area (Å²) in [5.41, 5.74) is 7.40. The van der Waals surface area contributed by atoms with E-state index in [-0.39, 0.29) is 6.32 Å². The largest absolute Gasteiger partial charge is 0.480 e. The standard InChI is InChI=1S/C22H34BN3O4/c24-22(21(27)28,10-3-4-12-23(29)30)11-6-14-26-13-5-8-18(16-26)20-15-17-7-1-2-9-19(17)25-20/h1-2,7,9,15,18,25,29-30H,3-6,8,10-14,16,24H2,(H,27,28). The van der Waals surface area contributed by atoms with E-state index in [1.165, 1.54) is 16.6 Å². The first-order valence-corrected chi connectivity index (χ1v) is 11.1. The highest BCUT2D eigenvalue weighted by atomic mass is 16.4. The molecule has 2 heterocycles. The van der Waals surface area contributed by atoms with Crippen molar-refractivity contribution in [2.75, 3.05) is 19.6 Å². The molecular weight excluding hydrogens is 381 g/mol. The number of carboxylic acid groups (broad SMARTS) is 1. The van der Waals surface area contributed by atoms with E-state index in [2.05, 4.69) is 34.1 Å². The third-order valence-corrected chi connectivity index (χ3v) is 6.35. The molecule has 1 aromatic heterocycles. The van der Waals surface area contributed by atoms with Crippen molar-refractivity contribution >= 4 is 24.0 Å². The predicted octanol–water partition coefficient (Wildman–Crippen LogP) is 2.55. The van der Waals surface area contributed by atoms with Gasteiger partial charge in [-0.1, -0.05) is 31.0 Å². The van der Waals surface area contributed by atoms with Crippen molar-refractivity contribution in [3.05, 3.63) is 36.0 Å². The third kappa shape index (κ3) is 6.07. The van der Waals surface area contributed by atoms with Gasteiger partial charge in [-0.05, 0) is 69.0 Å². The number of carbonyl (C=O) groups is 1. The molecule has 0 amide bonds. The number of fused-ring (bicyclic) bond motifs is 1. The molecule has 2 atom stereocenters. The molecule has 164 valence electrons. The van der Waals surface area contributed by atoms with Gasteiger partial charge in [-0.3, -0.25) is 4.79 Å². The number of hydrogen-bond donors (Lipinski definition) is 5. The van der Waals surface area contributed by atoms with Crippen molar-refractivity contribution in [3.8, 4) is 0 Å². The molecule has 2 aromatic rings. The minimum Gasteiger partial charge on any atom is -0.480 e. The normalized spacial score (nSPS) is 19.6. The molecule has 1 aromatic carbocycles. The van der Waals surface area contributed by atoms with Crippen LogP contribution < -0.4 is 5.73 Å². The fraction of sp³-hybridized carbons (Fsp3) is 0.591. The average Bonchev–Trinajstić information content (AvgIpc) is 3.16. The lowest BCUT2D eigenvalue weighted by molar-refractivity contribution is -0.144. The van der Waals surface area contributed by atoms with Gasteiger partial charge in [0, 0.05) is 23.7 Å². The maximum atomic E-state index is 11.7. The van der Waals surface area contributed by atoms with Crippen LogP contribution in [0.2, 0.25) is 6.32 Å². The molecule has 2 unspecified atom stereocenters. The Bertz CT molecular complexity index is 795. The second kappa shape index (κ2) is 10.4. The Balaban J connectivity index is 1.48. The first-order chi connectivity index (χ1) is 14.4. The number of hydrogen-bond acceptors (Lipinski definition) is 5. The van der Waals surface area contributed by atoms with E-state index in [9.17, 15) is 9.90 Å². The highest BCUT2D eigenvalue weighted by molar-refractivity contribution is 6.40. The summed E-state index contributed by atoms with van der Waals surface area (Å²) < 4.78 is 0. The van der Waals surface area contributed by atoms with Crippen molar-refractivity contribution < 1.29 is 19.9 Å². The van der Waals surface area contributed by atoms with E-state index in [1.54, 1.807) is 0 Å². The summed E-state index contributed by atoms with van der Waals surface area (Å²) in [5, 5.41) is 28.7. The molecule has 3 rings (SSSR count). The van der Waals surface area contributed by atoms with Gasteiger partial charge in [-0.15, -0.1) is 0 Å². The number of unbranched alkanes of at least 4 members (excludes halogenated alkanes) is 1. The molecule has 7 nitrogen and oxygen atoms in total. The lowest BCUT2D eigenvalue weighted by Gasteiger charge is -2.33. The Morgan fingerprint density at radius 3 is 2.73 bits per heavy atom. The molecule has 8 heteroatoms.